The third-order valence-electron chi connectivity index (χ3n) is 4.81. The molecule has 2 N–H and O–H groups in total. The number of amides is 1. The second-order valence-corrected chi connectivity index (χ2v) is 8.46. The van der Waals surface area contributed by atoms with Gasteiger partial charge in [0.2, 0.25) is 5.91 Å². The first-order chi connectivity index (χ1) is 12.6. The van der Waals surface area contributed by atoms with Crippen LogP contribution in [-0.4, -0.2) is 22.1 Å². The van der Waals surface area contributed by atoms with E-state index in [1.54, 1.807) is 23.1 Å². The highest BCUT2D eigenvalue weighted by atomic mass is 32.2. The highest BCUT2D eigenvalue weighted by Crippen LogP contribution is 2.45. The standard InChI is InChI=1S/C19H21N3O2S2/c1-19(3-4-19)18(23)20-8-13-5-12-6-17(25-2)16(7-15(12)22-13)24-9-14-10-26-11-21-14/h5-7,10-11,22H,3-4,8-9H2,1-2H3,(H,20,23). The van der Waals surface area contributed by atoms with Gasteiger partial charge >= 0.3 is 0 Å². The van der Waals surface area contributed by atoms with Crippen LogP contribution in [0.3, 0.4) is 0 Å². The number of hydrogen-bond acceptors (Lipinski definition) is 5. The van der Waals surface area contributed by atoms with Crippen molar-refractivity contribution in [3.8, 4) is 5.75 Å². The summed E-state index contributed by atoms with van der Waals surface area (Å²) in [5.74, 6) is 0.995. The molecule has 1 aliphatic rings. The SMILES string of the molecule is CSc1cc2cc(CNC(=O)C3(C)CC3)[nH]c2cc1OCc1cscn1. The van der Waals surface area contributed by atoms with Crippen LogP contribution in [0.15, 0.2) is 34.0 Å². The molecule has 5 nitrogen and oxygen atoms in total. The van der Waals surface area contributed by atoms with E-state index >= 15 is 0 Å². The van der Waals surface area contributed by atoms with Gasteiger partial charge in [-0.3, -0.25) is 4.79 Å². The zero-order chi connectivity index (χ0) is 18.1. The summed E-state index contributed by atoms with van der Waals surface area (Å²) in [6, 6.07) is 6.25. The average molecular weight is 388 g/mol. The molecule has 1 aromatic carbocycles. The minimum Gasteiger partial charge on any atom is -0.486 e. The maximum atomic E-state index is 12.1. The lowest BCUT2D eigenvalue weighted by Crippen LogP contribution is -2.29. The molecule has 2 heterocycles. The number of rotatable bonds is 7. The van der Waals surface area contributed by atoms with Crippen LogP contribution in [0.5, 0.6) is 5.75 Å². The lowest BCUT2D eigenvalue weighted by Gasteiger charge is -2.09. The number of fused-ring (bicyclic) bond motifs is 1. The Labute approximate surface area is 160 Å². The highest BCUT2D eigenvalue weighted by Gasteiger charge is 2.44. The number of thioether (sulfide) groups is 1. The van der Waals surface area contributed by atoms with E-state index in [1.165, 1.54) is 0 Å². The Bertz CT molecular complexity index is 930. The predicted molar refractivity (Wildman–Crippen MR) is 106 cm³/mol. The van der Waals surface area contributed by atoms with Crippen molar-refractivity contribution in [3.63, 3.8) is 0 Å². The number of aromatic nitrogens is 2. The predicted octanol–water partition coefficient (Wildman–Crippen LogP) is 4.34. The molecule has 136 valence electrons. The van der Waals surface area contributed by atoms with Crippen molar-refractivity contribution in [1.29, 1.82) is 0 Å². The molecule has 0 atom stereocenters. The molecule has 0 unspecified atom stereocenters. The smallest absolute Gasteiger partial charge is 0.226 e. The van der Waals surface area contributed by atoms with E-state index in [1.807, 2.05) is 30.1 Å². The van der Waals surface area contributed by atoms with E-state index < -0.39 is 0 Å². The van der Waals surface area contributed by atoms with Crippen molar-refractivity contribution >= 4 is 39.9 Å². The van der Waals surface area contributed by atoms with Crippen LogP contribution >= 0.6 is 23.1 Å². The van der Waals surface area contributed by atoms with Crippen LogP contribution in [-0.2, 0) is 17.9 Å². The number of H-pyrrole nitrogens is 1. The summed E-state index contributed by atoms with van der Waals surface area (Å²) in [5, 5.41) is 6.15. The van der Waals surface area contributed by atoms with E-state index in [4.69, 9.17) is 4.74 Å². The van der Waals surface area contributed by atoms with Gasteiger partial charge in [-0.05, 0) is 31.2 Å². The van der Waals surface area contributed by atoms with Gasteiger partial charge in [0.15, 0.2) is 0 Å². The Kier molecular flexibility index (Phi) is 4.67. The number of hydrogen-bond donors (Lipinski definition) is 2. The van der Waals surface area contributed by atoms with Gasteiger partial charge in [-0.2, -0.15) is 0 Å². The van der Waals surface area contributed by atoms with Crippen LogP contribution in [0.1, 0.15) is 31.2 Å². The molecule has 0 bridgehead atoms. The molecule has 0 radical (unpaired) electrons. The number of benzene rings is 1. The number of nitrogens with zero attached hydrogens (tertiary/aromatic N) is 1. The Hall–Kier alpha value is -1.99. The molecular weight excluding hydrogens is 366 g/mol. The third kappa shape index (κ3) is 3.59. The molecular formula is C19H21N3O2S2. The zero-order valence-electron chi connectivity index (χ0n) is 14.8. The summed E-state index contributed by atoms with van der Waals surface area (Å²) < 4.78 is 5.97. The van der Waals surface area contributed by atoms with Crippen molar-refractivity contribution in [1.82, 2.24) is 15.3 Å². The first-order valence-corrected chi connectivity index (χ1v) is 10.7. The average Bonchev–Trinajstić information content (AvgIpc) is 3.06. The van der Waals surface area contributed by atoms with E-state index in [0.29, 0.717) is 13.2 Å². The maximum Gasteiger partial charge on any atom is 0.226 e. The summed E-state index contributed by atoms with van der Waals surface area (Å²) >= 11 is 3.23. The van der Waals surface area contributed by atoms with Crippen molar-refractivity contribution in [2.24, 2.45) is 5.41 Å². The molecule has 1 fully saturated rings. The van der Waals surface area contributed by atoms with Gasteiger partial charge in [0.1, 0.15) is 12.4 Å². The molecule has 0 aliphatic heterocycles. The molecule has 0 spiro atoms. The van der Waals surface area contributed by atoms with Gasteiger partial charge in [-0.1, -0.05) is 6.92 Å². The summed E-state index contributed by atoms with van der Waals surface area (Å²) in [4.78, 5) is 20.9. The van der Waals surface area contributed by atoms with Crippen molar-refractivity contribution in [2.75, 3.05) is 6.26 Å². The second kappa shape index (κ2) is 6.96. The molecule has 26 heavy (non-hydrogen) atoms. The van der Waals surface area contributed by atoms with Gasteiger partial charge in [-0.25, -0.2) is 4.98 Å². The van der Waals surface area contributed by atoms with Crippen LogP contribution in [0.4, 0.5) is 0 Å². The van der Waals surface area contributed by atoms with E-state index in [2.05, 4.69) is 27.4 Å². The Morgan fingerprint density at radius 1 is 1.42 bits per heavy atom. The molecule has 2 aromatic heterocycles. The van der Waals surface area contributed by atoms with Crippen LogP contribution in [0, 0.1) is 5.41 Å². The van der Waals surface area contributed by atoms with Crippen molar-refractivity contribution in [3.05, 3.63) is 40.5 Å². The number of ether oxygens (including phenoxy) is 1. The normalized spacial score (nSPS) is 15.2. The number of aromatic amines is 1. The minimum atomic E-state index is -0.144. The summed E-state index contributed by atoms with van der Waals surface area (Å²) in [5.41, 5.74) is 4.62. The first-order valence-electron chi connectivity index (χ1n) is 8.55. The molecule has 7 heteroatoms. The molecule has 0 saturated heterocycles. The third-order valence-corrected chi connectivity index (χ3v) is 6.20. The van der Waals surface area contributed by atoms with Crippen LogP contribution < -0.4 is 10.1 Å². The summed E-state index contributed by atoms with van der Waals surface area (Å²) in [6.07, 6.45) is 4.02. The summed E-state index contributed by atoms with van der Waals surface area (Å²) in [6.45, 7) is 3.00. The lowest BCUT2D eigenvalue weighted by atomic mass is 10.1. The number of nitrogens with one attached hydrogen (secondary N) is 2. The largest absolute Gasteiger partial charge is 0.486 e. The number of carbonyl (C=O) groups excluding carboxylic acids is 1. The first kappa shape index (κ1) is 17.4. The number of thiazole rings is 1. The molecule has 1 saturated carbocycles. The molecule has 1 aliphatic carbocycles. The van der Waals surface area contributed by atoms with Gasteiger partial charge in [-0.15, -0.1) is 23.1 Å². The second-order valence-electron chi connectivity index (χ2n) is 6.90. The molecule has 3 aromatic rings. The quantitative estimate of drug-likeness (QED) is 0.592. The molecule has 1 amide bonds. The van der Waals surface area contributed by atoms with Gasteiger partial charge < -0.3 is 15.0 Å². The monoisotopic (exact) mass is 387 g/mol. The molecule has 4 rings (SSSR count). The number of carbonyl (C=O) groups is 1. The zero-order valence-corrected chi connectivity index (χ0v) is 16.4. The van der Waals surface area contributed by atoms with Crippen molar-refractivity contribution < 1.29 is 9.53 Å². The van der Waals surface area contributed by atoms with E-state index in [-0.39, 0.29) is 11.3 Å². The van der Waals surface area contributed by atoms with Crippen LogP contribution in [0.25, 0.3) is 10.9 Å². The van der Waals surface area contributed by atoms with Crippen LogP contribution in [0.2, 0.25) is 0 Å². The lowest BCUT2D eigenvalue weighted by molar-refractivity contribution is -0.125. The topological polar surface area (TPSA) is 67.0 Å². The fraction of sp³-hybridized carbons (Fsp3) is 0.368. The Morgan fingerprint density at radius 2 is 2.27 bits per heavy atom. The maximum absolute atomic E-state index is 12.1. The van der Waals surface area contributed by atoms with Gasteiger partial charge in [0, 0.05) is 38.4 Å². The Balaban J connectivity index is 1.50. The fourth-order valence-corrected chi connectivity index (χ4v) is 3.94. The fourth-order valence-electron chi connectivity index (χ4n) is 2.83. The Morgan fingerprint density at radius 3 is 2.96 bits per heavy atom. The van der Waals surface area contributed by atoms with Gasteiger partial charge in [0.05, 0.1) is 17.7 Å². The van der Waals surface area contributed by atoms with Crippen molar-refractivity contribution in [2.45, 2.75) is 37.8 Å². The summed E-state index contributed by atoms with van der Waals surface area (Å²) in [7, 11) is 0. The minimum absolute atomic E-state index is 0.144. The highest BCUT2D eigenvalue weighted by molar-refractivity contribution is 7.98. The van der Waals surface area contributed by atoms with E-state index in [0.717, 1.165) is 45.8 Å². The van der Waals surface area contributed by atoms with Gasteiger partial charge in [0.25, 0.3) is 0 Å². The van der Waals surface area contributed by atoms with E-state index in [9.17, 15) is 4.79 Å².